The van der Waals surface area contributed by atoms with Crippen molar-refractivity contribution in [3.8, 4) is 0 Å². The van der Waals surface area contributed by atoms with E-state index >= 15 is 0 Å². The molecule has 1 aliphatic carbocycles. The second-order valence-electron chi connectivity index (χ2n) is 7.13. The Morgan fingerprint density at radius 2 is 2.05 bits per heavy atom. The van der Waals surface area contributed by atoms with Crippen molar-refractivity contribution in [1.29, 1.82) is 0 Å². The van der Waals surface area contributed by atoms with Crippen molar-refractivity contribution in [2.24, 2.45) is 5.92 Å². The molecule has 1 saturated carbocycles. The van der Waals surface area contributed by atoms with Crippen LogP contribution in [0.2, 0.25) is 0 Å². The number of carbonyl (C=O) groups excluding carboxylic acids is 1. The van der Waals surface area contributed by atoms with Gasteiger partial charge < -0.3 is 20.7 Å². The average molecular weight is 283 g/mol. The minimum absolute atomic E-state index is 0.270. The van der Waals surface area contributed by atoms with E-state index in [1.807, 2.05) is 20.8 Å². The Morgan fingerprint density at radius 3 is 2.65 bits per heavy atom. The molecule has 1 unspecified atom stereocenters. The molecule has 0 spiro atoms. The molecule has 1 aliphatic heterocycles. The fourth-order valence-corrected chi connectivity index (χ4v) is 2.81. The molecule has 1 amide bonds. The summed E-state index contributed by atoms with van der Waals surface area (Å²) < 4.78 is 5.26. The maximum Gasteiger partial charge on any atom is 0.407 e. The largest absolute Gasteiger partial charge is 0.444 e. The lowest BCUT2D eigenvalue weighted by atomic mass is 9.86. The van der Waals surface area contributed by atoms with Crippen molar-refractivity contribution < 1.29 is 9.53 Å². The van der Waals surface area contributed by atoms with Crippen molar-refractivity contribution in [2.75, 3.05) is 19.6 Å². The van der Waals surface area contributed by atoms with Gasteiger partial charge in [0.1, 0.15) is 5.60 Å². The van der Waals surface area contributed by atoms with Crippen molar-refractivity contribution in [3.05, 3.63) is 0 Å². The Balaban J connectivity index is 1.54. The molecule has 1 saturated heterocycles. The zero-order chi connectivity index (χ0) is 14.6. The van der Waals surface area contributed by atoms with Gasteiger partial charge in [0.05, 0.1) is 0 Å². The van der Waals surface area contributed by atoms with Crippen LogP contribution in [0.3, 0.4) is 0 Å². The summed E-state index contributed by atoms with van der Waals surface area (Å²) >= 11 is 0. The molecule has 0 aromatic rings. The molecule has 0 aromatic carbocycles. The molecule has 1 heterocycles. The summed E-state index contributed by atoms with van der Waals surface area (Å²) in [6, 6.07) is 0.823. The third kappa shape index (κ3) is 5.29. The van der Waals surface area contributed by atoms with E-state index in [0.717, 1.165) is 31.8 Å². The molecule has 2 aliphatic rings. The van der Waals surface area contributed by atoms with E-state index < -0.39 is 5.60 Å². The van der Waals surface area contributed by atoms with Crippen molar-refractivity contribution in [3.63, 3.8) is 0 Å². The fraction of sp³-hybridized carbons (Fsp3) is 0.933. The van der Waals surface area contributed by atoms with E-state index in [2.05, 4.69) is 16.0 Å². The standard InChI is InChI=1S/C15H29N3O2/c1-15(2,3)20-14(19)18-13-7-12(8-13)17-10-11-5-4-6-16-9-11/h11-13,16-17H,4-10H2,1-3H3,(H,18,19). The van der Waals surface area contributed by atoms with Crippen molar-refractivity contribution in [1.82, 2.24) is 16.0 Å². The van der Waals surface area contributed by atoms with E-state index in [-0.39, 0.29) is 12.1 Å². The Hall–Kier alpha value is -0.810. The molecule has 0 radical (unpaired) electrons. The lowest BCUT2D eigenvalue weighted by molar-refractivity contribution is 0.0464. The zero-order valence-corrected chi connectivity index (χ0v) is 13.0. The van der Waals surface area contributed by atoms with Crippen LogP contribution < -0.4 is 16.0 Å². The highest BCUT2D eigenvalue weighted by Gasteiger charge is 2.31. The molecule has 5 nitrogen and oxygen atoms in total. The van der Waals surface area contributed by atoms with Crippen LogP contribution in [0.1, 0.15) is 46.5 Å². The van der Waals surface area contributed by atoms with E-state index in [1.54, 1.807) is 0 Å². The molecule has 5 heteroatoms. The number of piperidine rings is 1. The van der Waals surface area contributed by atoms with Gasteiger partial charge in [-0.3, -0.25) is 0 Å². The van der Waals surface area contributed by atoms with E-state index in [4.69, 9.17) is 4.74 Å². The van der Waals surface area contributed by atoms with Gasteiger partial charge in [0.2, 0.25) is 0 Å². The van der Waals surface area contributed by atoms with Gasteiger partial charge in [-0.15, -0.1) is 0 Å². The van der Waals surface area contributed by atoms with Crippen LogP contribution in [0.15, 0.2) is 0 Å². The number of hydrogen-bond acceptors (Lipinski definition) is 4. The Morgan fingerprint density at radius 1 is 1.30 bits per heavy atom. The van der Waals surface area contributed by atoms with Crippen LogP contribution >= 0.6 is 0 Å². The van der Waals surface area contributed by atoms with Gasteiger partial charge in [-0.2, -0.15) is 0 Å². The van der Waals surface area contributed by atoms with Crippen LogP contribution in [-0.2, 0) is 4.74 Å². The van der Waals surface area contributed by atoms with Crippen LogP contribution in [0.25, 0.3) is 0 Å². The molecule has 116 valence electrons. The molecular formula is C15H29N3O2. The van der Waals surface area contributed by atoms with Crippen LogP contribution in [0.4, 0.5) is 4.79 Å². The third-order valence-electron chi connectivity index (χ3n) is 3.95. The SMILES string of the molecule is CC(C)(C)OC(=O)NC1CC(NCC2CCCNC2)C1. The number of nitrogens with one attached hydrogen (secondary N) is 3. The second-order valence-corrected chi connectivity index (χ2v) is 7.13. The van der Waals surface area contributed by atoms with Crippen LogP contribution in [-0.4, -0.2) is 43.4 Å². The molecule has 20 heavy (non-hydrogen) atoms. The quantitative estimate of drug-likeness (QED) is 0.734. The van der Waals surface area contributed by atoms with Gasteiger partial charge in [0.15, 0.2) is 0 Å². The molecule has 1 atom stereocenters. The van der Waals surface area contributed by atoms with Crippen molar-refractivity contribution in [2.45, 2.75) is 64.1 Å². The van der Waals surface area contributed by atoms with Gasteiger partial charge in [0.25, 0.3) is 0 Å². The van der Waals surface area contributed by atoms with E-state index in [1.165, 1.54) is 19.4 Å². The summed E-state index contributed by atoms with van der Waals surface area (Å²) in [5, 5.41) is 9.97. The highest BCUT2D eigenvalue weighted by Crippen LogP contribution is 2.21. The molecule has 0 bridgehead atoms. The summed E-state index contributed by atoms with van der Waals surface area (Å²) in [6.45, 7) is 9.06. The molecule has 0 aromatic heterocycles. The van der Waals surface area contributed by atoms with Gasteiger partial charge in [0, 0.05) is 12.1 Å². The van der Waals surface area contributed by atoms with Gasteiger partial charge in [-0.05, 0) is 72.0 Å². The number of hydrogen-bond donors (Lipinski definition) is 3. The first kappa shape index (κ1) is 15.6. The number of rotatable bonds is 4. The fourth-order valence-electron chi connectivity index (χ4n) is 2.81. The first-order valence-electron chi connectivity index (χ1n) is 7.86. The van der Waals surface area contributed by atoms with E-state index in [9.17, 15) is 4.79 Å². The minimum Gasteiger partial charge on any atom is -0.444 e. The van der Waals surface area contributed by atoms with Crippen LogP contribution in [0.5, 0.6) is 0 Å². The first-order valence-corrected chi connectivity index (χ1v) is 7.86. The minimum atomic E-state index is -0.417. The number of amides is 1. The topological polar surface area (TPSA) is 62.4 Å². The summed E-state index contributed by atoms with van der Waals surface area (Å²) in [6.07, 6.45) is 4.35. The zero-order valence-electron chi connectivity index (χ0n) is 13.0. The summed E-state index contributed by atoms with van der Waals surface area (Å²) in [4.78, 5) is 11.6. The smallest absolute Gasteiger partial charge is 0.407 e. The Bertz CT molecular complexity index is 316. The number of alkyl carbamates (subject to hydrolysis) is 1. The predicted octanol–water partition coefficient (Wildman–Crippen LogP) is 1.63. The van der Waals surface area contributed by atoms with Gasteiger partial charge in [-0.1, -0.05) is 0 Å². The van der Waals surface area contributed by atoms with E-state index in [0.29, 0.717) is 6.04 Å². The first-order chi connectivity index (χ1) is 9.42. The lowest BCUT2D eigenvalue weighted by Crippen LogP contribution is -2.54. The predicted molar refractivity (Wildman–Crippen MR) is 79.8 cm³/mol. The Kier molecular flexibility index (Phi) is 5.27. The molecule has 3 N–H and O–H groups in total. The van der Waals surface area contributed by atoms with Crippen molar-refractivity contribution >= 4 is 6.09 Å². The molecular weight excluding hydrogens is 254 g/mol. The van der Waals surface area contributed by atoms with Gasteiger partial charge >= 0.3 is 6.09 Å². The van der Waals surface area contributed by atoms with Gasteiger partial charge in [-0.25, -0.2) is 4.79 Å². The van der Waals surface area contributed by atoms with Crippen LogP contribution in [0, 0.1) is 5.92 Å². The summed E-state index contributed by atoms with van der Waals surface area (Å²) in [5.41, 5.74) is -0.417. The highest BCUT2D eigenvalue weighted by molar-refractivity contribution is 5.68. The highest BCUT2D eigenvalue weighted by atomic mass is 16.6. The molecule has 2 fully saturated rings. The normalized spacial score (nSPS) is 30.4. The molecule has 2 rings (SSSR count). The average Bonchev–Trinajstić information content (AvgIpc) is 2.31. The number of carbonyl (C=O) groups is 1. The number of ether oxygens (including phenoxy) is 1. The Labute approximate surface area is 122 Å². The maximum absolute atomic E-state index is 11.6. The third-order valence-corrected chi connectivity index (χ3v) is 3.95. The summed E-state index contributed by atoms with van der Waals surface area (Å²) in [5.74, 6) is 0.765. The maximum atomic E-state index is 11.6. The second kappa shape index (κ2) is 6.76. The monoisotopic (exact) mass is 283 g/mol. The summed E-state index contributed by atoms with van der Waals surface area (Å²) in [7, 11) is 0. The lowest BCUT2D eigenvalue weighted by Gasteiger charge is -2.38.